The van der Waals surface area contributed by atoms with Crippen LogP contribution in [0.2, 0.25) is 0 Å². The average molecular weight is 548 g/mol. The van der Waals surface area contributed by atoms with E-state index in [1.165, 1.54) is 9.80 Å². The number of para-hydroxylation sites is 3. The van der Waals surface area contributed by atoms with Gasteiger partial charge in [-0.2, -0.15) is 0 Å². The molecule has 206 valence electrons. The molecule has 0 saturated heterocycles. The van der Waals surface area contributed by atoms with Crippen LogP contribution in [0.3, 0.4) is 0 Å². The number of carbonyl (C=O) groups is 4. The molecule has 1 aliphatic rings. The Balaban J connectivity index is 1.37. The molecule has 4 aromatic carbocycles. The van der Waals surface area contributed by atoms with E-state index in [9.17, 15) is 19.2 Å². The van der Waals surface area contributed by atoms with Crippen LogP contribution in [0.1, 0.15) is 26.3 Å². The number of benzene rings is 4. The van der Waals surface area contributed by atoms with Crippen molar-refractivity contribution in [3.05, 3.63) is 126 Å². The molecule has 8 heteroatoms. The zero-order chi connectivity index (χ0) is 28.8. The highest BCUT2D eigenvalue weighted by Gasteiger charge is 2.37. The predicted octanol–water partition coefficient (Wildman–Crippen LogP) is 4.60. The van der Waals surface area contributed by atoms with Gasteiger partial charge in [-0.25, -0.2) is 0 Å². The minimum absolute atomic E-state index is 0.248. The van der Waals surface area contributed by atoms with Crippen molar-refractivity contribution in [3.63, 3.8) is 0 Å². The van der Waals surface area contributed by atoms with E-state index in [1.54, 1.807) is 55.6 Å². The minimum Gasteiger partial charge on any atom is -0.482 e. The fraction of sp³-hybridized carbons (Fsp3) is 0.152. The number of hydrogen-bond donors (Lipinski definition) is 0. The van der Waals surface area contributed by atoms with Gasteiger partial charge in [0.1, 0.15) is 12.3 Å². The normalized spacial score (nSPS) is 12.2. The predicted molar refractivity (Wildman–Crippen MR) is 156 cm³/mol. The van der Waals surface area contributed by atoms with Gasteiger partial charge in [0, 0.05) is 19.3 Å². The molecular weight excluding hydrogens is 518 g/mol. The van der Waals surface area contributed by atoms with Crippen molar-refractivity contribution in [1.29, 1.82) is 0 Å². The summed E-state index contributed by atoms with van der Waals surface area (Å²) in [7, 11) is 1.67. The third-order valence-corrected chi connectivity index (χ3v) is 6.96. The van der Waals surface area contributed by atoms with E-state index < -0.39 is 24.3 Å². The first-order chi connectivity index (χ1) is 19.9. The second-order valence-electron chi connectivity index (χ2n) is 9.57. The molecule has 0 saturated carbocycles. The number of carbonyl (C=O) groups excluding carboxylic acids is 4. The standard InChI is InChI=1S/C33H29N3O5/c1-34(25-14-6-3-7-15-25)31(38)23-41-29-19-11-10-18-28(29)35(21-20-24-12-4-2-5-13-24)30(37)22-36-32(39)26-16-8-9-17-27(26)33(36)40/h2-19H,20-23H2,1H3. The van der Waals surface area contributed by atoms with Gasteiger partial charge < -0.3 is 14.5 Å². The summed E-state index contributed by atoms with van der Waals surface area (Å²) in [6, 6.07) is 32.4. The molecule has 0 fully saturated rings. The number of ether oxygens (including phenoxy) is 1. The topological polar surface area (TPSA) is 87.2 Å². The summed E-state index contributed by atoms with van der Waals surface area (Å²) < 4.78 is 5.96. The molecule has 0 aromatic heterocycles. The highest BCUT2D eigenvalue weighted by atomic mass is 16.5. The van der Waals surface area contributed by atoms with Gasteiger partial charge in [0.05, 0.1) is 16.8 Å². The van der Waals surface area contributed by atoms with E-state index >= 15 is 0 Å². The second-order valence-corrected chi connectivity index (χ2v) is 9.57. The molecule has 0 unspecified atom stereocenters. The van der Waals surface area contributed by atoms with Crippen molar-refractivity contribution in [2.75, 3.05) is 36.5 Å². The van der Waals surface area contributed by atoms with Crippen molar-refractivity contribution in [2.24, 2.45) is 0 Å². The maximum Gasteiger partial charge on any atom is 0.264 e. The zero-order valence-electron chi connectivity index (χ0n) is 22.6. The molecule has 4 amide bonds. The van der Waals surface area contributed by atoms with Crippen LogP contribution in [0.15, 0.2) is 109 Å². The largest absolute Gasteiger partial charge is 0.482 e. The molecule has 1 heterocycles. The molecule has 0 aliphatic carbocycles. The van der Waals surface area contributed by atoms with E-state index in [2.05, 4.69) is 0 Å². The fourth-order valence-corrected chi connectivity index (χ4v) is 4.70. The Morgan fingerprint density at radius 1 is 0.707 bits per heavy atom. The van der Waals surface area contributed by atoms with Gasteiger partial charge >= 0.3 is 0 Å². The summed E-state index contributed by atoms with van der Waals surface area (Å²) in [4.78, 5) is 56.6. The quantitative estimate of drug-likeness (QED) is 0.271. The lowest BCUT2D eigenvalue weighted by atomic mass is 10.1. The molecule has 1 aliphatic heterocycles. The van der Waals surface area contributed by atoms with Crippen LogP contribution >= 0.6 is 0 Å². The lowest BCUT2D eigenvalue weighted by Crippen LogP contribution is -2.43. The van der Waals surface area contributed by atoms with Gasteiger partial charge in [0.25, 0.3) is 17.7 Å². The first-order valence-electron chi connectivity index (χ1n) is 13.3. The van der Waals surface area contributed by atoms with Crippen LogP contribution in [0.25, 0.3) is 0 Å². The van der Waals surface area contributed by atoms with Gasteiger partial charge in [-0.1, -0.05) is 72.8 Å². The van der Waals surface area contributed by atoms with Crippen molar-refractivity contribution in [2.45, 2.75) is 6.42 Å². The number of hydrogen-bond acceptors (Lipinski definition) is 5. The first-order valence-corrected chi connectivity index (χ1v) is 13.3. The summed E-state index contributed by atoms with van der Waals surface area (Å²) in [6.45, 7) is -0.406. The number of anilines is 2. The molecule has 4 aromatic rings. The van der Waals surface area contributed by atoms with Crippen molar-refractivity contribution in [3.8, 4) is 5.75 Å². The molecule has 0 spiro atoms. The Hall–Kier alpha value is -5.24. The van der Waals surface area contributed by atoms with Crippen LogP contribution < -0.4 is 14.5 Å². The summed E-state index contributed by atoms with van der Waals surface area (Å²) in [5, 5.41) is 0. The molecule has 41 heavy (non-hydrogen) atoms. The molecule has 5 rings (SSSR count). The second kappa shape index (κ2) is 12.3. The highest BCUT2D eigenvalue weighted by Crippen LogP contribution is 2.30. The van der Waals surface area contributed by atoms with Gasteiger partial charge in [0.2, 0.25) is 5.91 Å². The van der Waals surface area contributed by atoms with Crippen LogP contribution in [0.5, 0.6) is 5.75 Å². The Bertz CT molecular complexity index is 1540. The number of fused-ring (bicyclic) bond motifs is 1. The van der Waals surface area contributed by atoms with Gasteiger partial charge in [-0.3, -0.25) is 24.1 Å². The van der Waals surface area contributed by atoms with E-state index in [-0.39, 0.29) is 30.2 Å². The lowest BCUT2D eigenvalue weighted by molar-refractivity contribution is -0.120. The van der Waals surface area contributed by atoms with Gasteiger partial charge in [0.15, 0.2) is 6.61 Å². The SMILES string of the molecule is CN(C(=O)COc1ccccc1N(CCc1ccccc1)C(=O)CN1C(=O)c2ccccc2C1=O)c1ccccc1. The smallest absolute Gasteiger partial charge is 0.264 e. The van der Waals surface area contributed by atoms with E-state index in [0.717, 1.165) is 16.2 Å². The number of nitrogens with zero attached hydrogens (tertiary/aromatic N) is 3. The molecular formula is C33H29N3O5. The Morgan fingerprint density at radius 3 is 1.93 bits per heavy atom. The summed E-state index contributed by atoms with van der Waals surface area (Å²) >= 11 is 0. The number of imide groups is 1. The number of likely N-dealkylation sites (N-methyl/N-ethyl adjacent to an activating group) is 1. The van der Waals surface area contributed by atoms with Crippen LogP contribution in [0, 0.1) is 0 Å². The molecule has 8 nitrogen and oxygen atoms in total. The fourth-order valence-electron chi connectivity index (χ4n) is 4.70. The van der Waals surface area contributed by atoms with E-state index in [4.69, 9.17) is 4.74 Å². The summed E-state index contributed by atoms with van der Waals surface area (Å²) in [6.07, 6.45) is 0.526. The Kier molecular flexibility index (Phi) is 8.20. The van der Waals surface area contributed by atoms with Crippen LogP contribution in [-0.2, 0) is 16.0 Å². The summed E-state index contributed by atoms with van der Waals surface area (Å²) in [5.74, 6) is -1.37. The van der Waals surface area contributed by atoms with Crippen LogP contribution in [-0.4, -0.2) is 55.3 Å². The van der Waals surface area contributed by atoms with E-state index in [0.29, 0.717) is 17.9 Å². The number of rotatable bonds is 10. The zero-order valence-corrected chi connectivity index (χ0v) is 22.6. The summed E-state index contributed by atoms with van der Waals surface area (Å²) in [5.41, 5.74) is 2.76. The Morgan fingerprint density at radius 2 is 1.27 bits per heavy atom. The molecule has 0 radical (unpaired) electrons. The molecule has 0 bridgehead atoms. The third-order valence-electron chi connectivity index (χ3n) is 6.96. The maximum absolute atomic E-state index is 13.8. The van der Waals surface area contributed by atoms with Gasteiger partial charge in [-0.15, -0.1) is 0 Å². The lowest BCUT2D eigenvalue weighted by Gasteiger charge is -2.27. The van der Waals surface area contributed by atoms with Crippen molar-refractivity contribution < 1.29 is 23.9 Å². The van der Waals surface area contributed by atoms with Crippen molar-refractivity contribution >= 4 is 35.0 Å². The Labute approximate surface area is 238 Å². The maximum atomic E-state index is 13.8. The number of amides is 4. The molecule has 0 atom stereocenters. The monoisotopic (exact) mass is 547 g/mol. The average Bonchev–Trinajstić information content (AvgIpc) is 3.25. The first kappa shape index (κ1) is 27.3. The van der Waals surface area contributed by atoms with Crippen LogP contribution in [0.4, 0.5) is 11.4 Å². The van der Waals surface area contributed by atoms with Crippen molar-refractivity contribution in [1.82, 2.24) is 4.90 Å². The highest BCUT2D eigenvalue weighted by molar-refractivity contribution is 6.22. The minimum atomic E-state index is -0.499. The van der Waals surface area contributed by atoms with Gasteiger partial charge in [-0.05, 0) is 48.4 Å². The third kappa shape index (κ3) is 6.01. The van der Waals surface area contributed by atoms with E-state index in [1.807, 2.05) is 60.7 Å². The molecule has 0 N–H and O–H groups in total.